The molecule has 1 aromatic carbocycles. The van der Waals surface area contributed by atoms with Crippen LogP contribution in [0.2, 0.25) is 0 Å². The molecule has 0 saturated heterocycles. The number of hydrogen-bond acceptors (Lipinski definition) is 2. The monoisotopic (exact) mass is 263 g/mol. The Morgan fingerprint density at radius 2 is 1.68 bits per heavy atom. The smallest absolute Gasteiger partial charge is 0.119 e. The van der Waals surface area contributed by atoms with Gasteiger partial charge in [0.25, 0.3) is 0 Å². The van der Waals surface area contributed by atoms with Crippen molar-refractivity contribution in [1.82, 2.24) is 5.32 Å². The van der Waals surface area contributed by atoms with Crippen LogP contribution in [-0.2, 0) is 0 Å². The van der Waals surface area contributed by atoms with Gasteiger partial charge in [-0.15, -0.1) is 0 Å². The van der Waals surface area contributed by atoms with Gasteiger partial charge in [-0.1, -0.05) is 32.9 Å². The Bertz CT molecular complexity index is 345. The number of rotatable bonds is 8. The van der Waals surface area contributed by atoms with E-state index in [1.165, 1.54) is 12.0 Å². The summed E-state index contributed by atoms with van der Waals surface area (Å²) in [4.78, 5) is 0. The fourth-order valence-corrected chi connectivity index (χ4v) is 2.36. The molecule has 0 spiro atoms. The van der Waals surface area contributed by atoms with E-state index in [0.717, 1.165) is 18.7 Å². The highest BCUT2D eigenvalue weighted by atomic mass is 16.5. The molecule has 2 atom stereocenters. The Morgan fingerprint density at radius 1 is 1.05 bits per heavy atom. The zero-order valence-electron chi connectivity index (χ0n) is 13.1. The molecule has 0 aliphatic carbocycles. The van der Waals surface area contributed by atoms with E-state index in [0.29, 0.717) is 12.0 Å². The van der Waals surface area contributed by atoms with E-state index in [1.54, 1.807) is 0 Å². The van der Waals surface area contributed by atoms with Crippen LogP contribution in [0.5, 0.6) is 5.75 Å². The predicted molar refractivity (Wildman–Crippen MR) is 83.0 cm³/mol. The highest BCUT2D eigenvalue weighted by molar-refractivity contribution is 5.30. The summed E-state index contributed by atoms with van der Waals surface area (Å²) < 4.78 is 5.68. The molecule has 0 fully saturated rings. The van der Waals surface area contributed by atoms with E-state index in [4.69, 9.17) is 4.74 Å². The van der Waals surface area contributed by atoms with E-state index in [1.807, 2.05) is 0 Å². The maximum atomic E-state index is 5.68. The maximum absolute atomic E-state index is 5.68. The first-order valence-corrected chi connectivity index (χ1v) is 7.58. The second-order valence-corrected chi connectivity index (χ2v) is 5.49. The van der Waals surface area contributed by atoms with E-state index in [2.05, 4.69) is 64.2 Å². The average molecular weight is 263 g/mol. The molecule has 2 nitrogen and oxygen atoms in total. The zero-order chi connectivity index (χ0) is 14.3. The Hall–Kier alpha value is -1.02. The molecule has 0 heterocycles. The van der Waals surface area contributed by atoms with Crippen molar-refractivity contribution >= 4 is 0 Å². The van der Waals surface area contributed by atoms with Crippen LogP contribution in [0.3, 0.4) is 0 Å². The van der Waals surface area contributed by atoms with Crippen molar-refractivity contribution in [1.29, 1.82) is 0 Å². The summed E-state index contributed by atoms with van der Waals surface area (Å²) in [6.45, 7) is 12.0. The van der Waals surface area contributed by atoms with E-state index < -0.39 is 0 Å². The summed E-state index contributed by atoms with van der Waals surface area (Å²) in [5.74, 6) is 1.49. The topological polar surface area (TPSA) is 21.3 Å². The molecule has 0 aliphatic rings. The van der Waals surface area contributed by atoms with Crippen LogP contribution in [0.25, 0.3) is 0 Å². The lowest BCUT2D eigenvalue weighted by Gasteiger charge is -2.24. The summed E-state index contributed by atoms with van der Waals surface area (Å²) in [7, 11) is 0. The molecule has 19 heavy (non-hydrogen) atoms. The van der Waals surface area contributed by atoms with Crippen molar-refractivity contribution < 1.29 is 4.74 Å². The minimum atomic E-state index is 0.234. The van der Waals surface area contributed by atoms with Crippen LogP contribution < -0.4 is 10.1 Å². The van der Waals surface area contributed by atoms with Gasteiger partial charge < -0.3 is 10.1 Å². The lowest BCUT2D eigenvalue weighted by molar-refractivity contribution is 0.242. The maximum Gasteiger partial charge on any atom is 0.119 e. The quantitative estimate of drug-likeness (QED) is 0.752. The number of ether oxygens (including phenoxy) is 1. The predicted octanol–water partition coefficient (Wildman–Crippen LogP) is 4.36. The molecule has 1 rings (SSSR count). The van der Waals surface area contributed by atoms with Gasteiger partial charge in [-0.2, -0.15) is 0 Å². The Balaban J connectivity index is 2.67. The third-order valence-corrected chi connectivity index (χ3v) is 3.48. The van der Waals surface area contributed by atoms with Gasteiger partial charge in [-0.3, -0.25) is 0 Å². The second-order valence-electron chi connectivity index (χ2n) is 5.49. The summed E-state index contributed by atoms with van der Waals surface area (Å²) in [5.41, 5.74) is 1.38. The first-order valence-electron chi connectivity index (χ1n) is 7.58. The van der Waals surface area contributed by atoms with Crippen LogP contribution >= 0.6 is 0 Å². The third kappa shape index (κ3) is 5.23. The molecule has 1 aromatic rings. The van der Waals surface area contributed by atoms with Gasteiger partial charge in [0.05, 0.1) is 6.10 Å². The van der Waals surface area contributed by atoms with E-state index in [-0.39, 0.29) is 6.10 Å². The van der Waals surface area contributed by atoms with Gasteiger partial charge in [0.1, 0.15) is 5.75 Å². The molecule has 2 heteroatoms. The van der Waals surface area contributed by atoms with Crippen molar-refractivity contribution in [2.45, 2.75) is 65.5 Å². The number of nitrogens with one attached hydrogen (secondary N) is 1. The Labute approximate surface area is 118 Å². The molecule has 0 aromatic heterocycles. The summed E-state index contributed by atoms with van der Waals surface area (Å²) >= 11 is 0. The van der Waals surface area contributed by atoms with Gasteiger partial charge in [0, 0.05) is 6.04 Å². The van der Waals surface area contributed by atoms with E-state index in [9.17, 15) is 0 Å². The first-order chi connectivity index (χ1) is 9.08. The Morgan fingerprint density at radius 3 is 2.16 bits per heavy atom. The Kier molecular flexibility index (Phi) is 6.93. The average Bonchev–Trinajstić information content (AvgIpc) is 2.39. The van der Waals surface area contributed by atoms with E-state index >= 15 is 0 Å². The van der Waals surface area contributed by atoms with Crippen LogP contribution in [0.1, 0.15) is 58.9 Å². The van der Waals surface area contributed by atoms with Crippen molar-refractivity contribution in [3.05, 3.63) is 29.8 Å². The molecule has 0 bridgehead atoms. The SMILES string of the molecule is CCCNC(CC)C(C)c1ccc(OC(C)C)cc1. The molecule has 0 amide bonds. The van der Waals surface area contributed by atoms with Crippen molar-refractivity contribution in [3.8, 4) is 5.75 Å². The molecule has 0 saturated carbocycles. The van der Waals surface area contributed by atoms with Crippen LogP contribution in [0.15, 0.2) is 24.3 Å². The first kappa shape index (κ1) is 16.0. The van der Waals surface area contributed by atoms with Gasteiger partial charge in [-0.05, 0) is 56.8 Å². The molecular formula is C17H29NO. The number of benzene rings is 1. The molecule has 0 aliphatic heterocycles. The zero-order valence-corrected chi connectivity index (χ0v) is 13.1. The fraction of sp³-hybridized carbons (Fsp3) is 0.647. The molecule has 108 valence electrons. The van der Waals surface area contributed by atoms with Gasteiger partial charge >= 0.3 is 0 Å². The molecule has 0 radical (unpaired) electrons. The van der Waals surface area contributed by atoms with Crippen LogP contribution in [0.4, 0.5) is 0 Å². The minimum Gasteiger partial charge on any atom is -0.491 e. The van der Waals surface area contributed by atoms with Crippen molar-refractivity contribution in [2.24, 2.45) is 0 Å². The largest absolute Gasteiger partial charge is 0.491 e. The highest BCUT2D eigenvalue weighted by Crippen LogP contribution is 2.24. The fourth-order valence-electron chi connectivity index (χ4n) is 2.36. The molecular weight excluding hydrogens is 234 g/mol. The number of hydrogen-bond donors (Lipinski definition) is 1. The lowest BCUT2D eigenvalue weighted by Crippen LogP contribution is -2.33. The van der Waals surface area contributed by atoms with Gasteiger partial charge in [0.2, 0.25) is 0 Å². The normalized spacial score (nSPS) is 14.4. The molecule has 2 unspecified atom stereocenters. The third-order valence-electron chi connectivity index (χ3n) is 3.48. The van der Waals surface area contributed by atoms with Gasteiger partial charge in [0.15, 0.2) is 0 Å². The van der Waals surface area contributed by atoms with Crippen LogP contribution in [-0.4, -0.2) is 18.7 Å². The minimum absolute atomic E-state index is 0.234. The van der Waals surface area contributed by atoms with Gasteiger partial charge in [-0.25, -0.2) is 0 Å². The summed E-state index contributed by atoms with van der Waals surface area (Å²) in [5, 5.41) is 3.63. The van der Waals surface area contributed by atoms with Crippen molar-refractivity contribution in [2.75, 3.05) is 6.54 Å². The van der Waals surface area contributed by atoms with Crippen molar-refractivity contribution in [3.63, 3.8) is 0 Å². The standard InChI is InChI=1S/C17H29NO/c1-6-12-18-17(7-2)14(5)15-8-10-16(11-9-15)19-13(3)4/h8-11,13-14,17-18H,6-7,12H2,1-5H3. The summed E-state index contributed by atoms with van der Waals surface area (Å²) in [6.07, 6.45) is 2.58. The lowest BCUT2D eigenvalue weighted by atomic mass is 9.91. The summed E-state index contributed by atoms with van der Waals surface area (Å²) in [6, 6.07) is 9.10. The highest BCUT2D eigenvalue weighted by Gasteiger charge is 2.16. The van der Waals surface area contributed by atoms with Crippen LogP contribution in [0, 0.1) is 0 Å². The second kappa shape index (κ2) is 8.21. The molecule has 1 N–H and O–H groups in total.